The largest absolute Gasteiger partial charge is 0.497 e. The minimum Gasteiger partial charge on any atom is -0.497 e. The number of rotatable bonds is 4. The Hall–Kier alpha value is -1.85. The van der Waals surface area contributed by atoms with Gasteiger partial charge in [0.1, 0.15) is 5.75 Å². The Bertz CT molecular complexity index is 845. The van der Waals surface area contributed by atoms with Gasteiger partial charge in [0.05, 0.1) is 18.0 Å². The van der Waals surface area contributed by atoms with Crippen LogP contribution in [0.5, 0.6) is 5.75 Å². The third-order valence-electron chi connectivity index (χ3n) is 4.61. The second-order valence-electron chi connectivity index (χ2n) is 6.32. The fourth-order valence-electron chi connectivity index (χ4n) is 3.32. The van der Waals surface area contributed by atoms with Crippen LogP contribution >= 0.6 is 0 Å². The Kier molecular flexibility index (Phi) is 4.65. The highest BCUT2D eigenvalue weighted by atomic mass is 32.2. The van der Waals surface area contributed by atoms with E-state index >= 15 is 0 Å². The van der Waals surface area contributed by atoms with Crippen LogP contribution in [0, 0.1) is 13.8 Å². The molecule has 5 heteroatoms. The van der Waals surface area contributed by atoms with Crippen LogP contribution in [0.15, 0.2) is 47.4 Å². The van der Waals surface area contributed by atoms with Crippen LogP contribution in [-0.2, 0) is 10.0 Å². The van der Waals surface area contributed by atoms with Crippen molar-refractivity contribution in [2.24, 2.45) is 0 Å². The van der Waals surface area contributed by atoms with E-state index in [1.807, 2.05) is 50.2 Å². The average molecular weight is 345 g/mol. The summed E-state index contributed by atoms with van der Waals surface area (Å²) in [5, 5.41) is 0. The third-order valence-corrected chi connectivity index (χ3v) is 6.66. The predicted molar refractivity (Wildman–Crippen MR) is 94.8 cm³/mol. The van der Waals surface area contributed by atoms with Crippen molar-refractivity contribution in [2.75, 3.05) is 13.7 Å². The van der Waals surface area contributed by atoms with E-state index in [0.717, 1.165) is 35.3 Å². The molecule has 1 heterocycles. The lowest BCUT2D eigenvalue weighted by molar-refractivity contribution is 0.390. The Morgan fingerprint density at radius 3 is 2.67 bits per heavy atom. The zero-order valence-electron chi connectivity index (χ0n) is 14.3. The van der Waals surface area contributed by atoms with Gasteiger partial charge in [0.15, 0.2) is 0 Å². The molecule has 24 heavy (non-hydrogen) atoms. The molecule has 2 aromatic rings. The van der Waals surface area contributed by atoms with Gasteiger partial charge in [-0.1, -0.05) is 24.3 Å². The van der Waals surface area contributed by atoms with Crippen molar-refractivity contribution in [1.29, 1.82) is 0 Å². The monoisotopic (exact) mass is 345 g/mol. The van der Waals surface area contributed by atoms with Crippen LogP contribution in [0.2, 0.25) is 0 Å². The van der Waals surface area contributed by atoms with Crippen molar-refractivity contribution in [2.45, 2.75) is 37.6 Å². The lowest BCUT2D eigenvalue weighted by Crippen LogP contribution is -2.31. The minimum absolute atomic E-state index is 0.134. The molecule has 1 fully saturated rings. The van der Waals surface area contributed by atoms with E-state index < -0.39 is 10.0 Å². The van der Waals surface area contributed by atoms with Crippen molar-refractivity contribution in [3.05, 3.63) is 59.2 Å². The maximum Gasteiger partial charge on any atom is 0.243 e. The summed E-state index contributed by atoms with van der Waals surface area (Å²) in [5.74, 6) is 0.753. The van der Waals surface area contributed by atoms with Crippen molar-refractivity contribution in [1.82, 2.24) is 4.31 Å². The maximum atomic E-state index is 13.2. The number of hydrogen-bond acceptors (Lipinski definition) is 3. The molecular weight excluding hydrogens is 322 g/mol. The number of hydrogen-bond donors (Lipinski definition) is 0. The highest BCUT2D eigenvalue weighted by Crippen LogP contribution is 2.38. The van der Waals surface area contributed by atoms with Crippen LogP contribution in [0.1, 0.15) is 35.6 Å². The van der Waals surface area contributed by atoms with E-state index in [0.29, 0.717) is 11.4 Å². The molecule has 0 aromatic heterocycles. The summed E-state index contributed by atoms with van der Waals surface area (Å²) >= 11 is 0. The van der Waals surface area contributed by atoms with Gasteiger partial charge in [0.2, 0.25) is 10.0 Å². The highest BCUT2D eigenvalue weighted by Gasteiger charge is 2.37. The number of aryl methyl sites for hydroxylation is 2. The molecule has 1 aliphatic heterocycles. The standard InChI is InChI=1S/C19H23NO3S/c1-14-9-10-15(2)19(12-14)24(21,22)20-11-5-8-18(20)16-6-4-7-17(13-16)23-3/h4,6-7,9-10,12-13,18H,5,8,11H2,1-3H3/t18-/m0/s1. The van der Waals surface area contributed by atoms with Crippen LogP contribution in [0.4, 0.5) is 0 Å². The first-order valence-corrected chi connectivity index (χ1v) is 9.60. The lowest BCUT2D eigenvalue weighted by atomic mass is 10.1. The van der Waals surface area contributed by atoms with E-state index in [9.17, 15) is 8.42 Å². The molecule has 0 aliphatic carbocycles. The molecule has 2 aromatic carbocycles. The van der Waals surface area contributed by atoms with E-state index in [2.05, 4.69) is 0 Å². The molecule has 0 spiro atoms. The molecule has 0 saturated carbocycles. The summed E-state index contributed by atoms with van der Waals surface area (Å²) in [6.45, 7) is 4.32. The highest BCUT2D eigenvalue weighted by molar-refractivity contribution is 7.89. The Morgan fingerprint density at radius 2 is 1.92 bits per heavy atom. The first kappa shape index (κ1) is 17.0. The molecule has 1 aliphatic rings. The van der Waals surface area contributed by atoms with Gasteiger partial charge in [-0.3, -0.25) is 0 Å². The Balaban J connectivity index is 2.01. The topological polar surface area (TPSA) is 46.6 Å². The van der Waals surface area contributed by atoms with Gasteiger partial charge < -0.3 is 4.74 Å². The second kappa shape index (κ2) is 6.57. The van der Waals surface area contributed by atoms with Crippen LogP contribution in [-0.4, -0.2) is 26.4 Å². The van der Waals surface area contributed by atoms with E-state index in [4.69, 9.17) is 4.74 Å². The van der Waals surface area contributed by atoms with E-state index in [1.54, 1.807) is 17.5 Å². The molecule has 4 nitrogen and oxygen atoms in total. The number of sulfonamides is 1. The molecule has 0 N–H and O–H groups in total. The Morgan fingerprint density at radius 1 is 1.12 bits per heavy atom. The van der Waals surface area contributed by atoms with Gasteiger partial charge >= 0.3 is 0 Å². The third kappa shape index (κ3) is 3.06. The van der Waals surface area contributed by atoms with Gasteiger partial charge in [-0.05, 0) is 61.6 Å². The molecule has 1 atom stereocenters. The molecular formula is C19H23NO3S. The van der Waals surface area contributed by atoms with Crippen molar-refractivity contribution in [3.63, 3.8) is 0 Å². The van der Waals surface area contributed by atoms with Gasteiger partial charge in [0.25, 0.3) is 0 Å². The smallest absolute Gasteiger partial charge is 0.243 e. The average Bonchev–Trinajstić information content (AvgIpc) is 3.07. The van der Waals surface area contributed by atoms with Crippen molar-refractivity contribution < 1.29 is 13.2 Å². The lowest BCUT2D eigenvalue weighted by Gasteiger charge is -2.25. The molecule has 0 radical (unpaired) electrons. The summed E-state index contributed by atoms with van der Waals surface area (Å²) in [6.07, 6.45) is 1.70. The molecule has 3 rings (SSSR count). The van der Waals surface area contributed by atoms with Crippen LogP contribution in [0.3, 0.4) is 0 Å². The molecule has 0 amide bonds. The molecule has 1 saturated heterocycles. The number of benzene rings is 2. The van der Waals surface area contributed by atoms with Crippen molar-refractivity contribution >= 4 is 10.0 Å². The molecule has 0 unspecified atom stereocenters. The predicted octanol–water partition coefficient (Wildman–Crippen LogP) is 3.84. The maximum absolute atomic E-state index is 13.2. The Labute approximate surface area is 144 Å². The van der Waals surface area contributed by atoms with E-state index in [-0.39, 0.29) is 6.04 Å². The minimum atomic E-state index is -3.52. The summed E-state index contributed by atoms with van der Waals surface area (Å²) in [5.41, 5.74) is 2.73. The quantitative estimate of drug-likeness (QED) is 0.846. The number of ether oxygens (including phenoxy) is 1. The van der Waals surface area contributed by atoms with Crippen LogP contribution in [0.25, 0.3) is 0 Å². The zero-order valence-corrected chi connectivity index (χ0v) is 15.1. The first-order valence-electron chi connectivity index (χ1n) is 8.16. The summed E-state index contributed by atoms with van der Waals surface area (Å²) < 4.78 is 33.4. The fraction of sp³-hybridized carbons (Fsp3) is 0.368. The van der Waals surface area contributed by atoms with Gasteiger partial charge in [-0.15, -0.1) is 0 Å². The van der Waals surface area contributed by atoms with Crippen molar-refractivity contribution in [3.8, 4) is 5.75 Å². The van der Waals surface area contributed by atoms with E-state index in [1.165, 1.54) is 0 Å². The van der Waals surface area contributed by atoms with Gasteiger partial charge in [0, 0.05) is 6.54 Å². The fourth-order valence-corrected chi connectivity index (χ4v) is 5.32. The first-order chi connectivity index (χ1) is 11.4. The SMILES string of the molecule is COc1cccc([C@@H]2CCCN2S(=O)(=O)c2cc(C)ccc2C)c1. The molecule has 0 bridgehead atoms. The summed E-state index contributed by atoms with van der Waals surface area (Å²) in [4.78, 5) is 0.414. The summed E-state index contributed by atoms with van der Waals surface area (Å²) in [7, 11) is -1.89. The van der Waals surface area contributed by atoms with Gasteiger partial charge in [-0.2, -0.15) is 4.31 Å². The number of methoxy groups -OCH3 is 1. The number of nitrogens with zero attached hydrogens (tertiary/aromatic N) is 1. The summed E-state index contributed by atoms with van der Waals surface area (Å²) in [6, 6.07) is 13.1. The second-order valence-corrected chi connectivity index (χ2v) is 8.18. The van der Waals surface area contributed by atoms with Crippen LogP contribution < -0.4 is 4.74 Å². The zero-order chi connectivity index (χ0) is 17.3. The normalized spacial score (nSPS) is 18.7. The van der Waals surface area contributed by atoms with Gasteiger partial charge in [-0.25, -0.2) is 8.42 Å². The molecule has 128 valence electrons.